The molecule has 1 heterocycles. The Bertz CT molecular complexity index is 520. The Kier molecular flexibility index (Phi) is 4.27. The van der Waals surface area contributed by atoms with Crippen molar-refractivity contribution in [1.82, 2.24) is 4.90 Å². The Morgan fingerprint density at radius 1 is 1.09 bits per heavy atom. The van der Waals surface area contributed by atoms with Crippen molar-refractivity contribution < 1.29 is 23.2 Å². The maximum atomic E-state index is 12.5. The molecule has 122 valence electrons. The minimum absolute atomic E-state index is 0.0639. The van der Waals surface area contributed by atoms with Crippen molar-refractivity contribution in [2.24, 2.45) is 23.7 Å². The lowest BCUT2D eigenvalue weighted by Gasteiger charge is -2.21. The van der Waals surface area contributed by atoms with Crippen molar-refractivity contribution in [3.8, 4) is 0 Å². The molecule has 0 aromatic rings. The van der Waals surface area contributed by atoms with Gasteiger partial charge in [-0.1, -0.05) is 12.2 Å². The maximum absolute atomic E-state index is 12.5. The maximum Gasteiger partial charge on any atom is 0.332 e. The molecule has 3 aliphatic rings. The Balaban J connectivity index is 1.68. The van der Waals surface area contributed by atoms with E-state index in [1.54, 1.807) is 13.8 Å². The van der Waals surface area contributed by atoms with Crippen LogP contribution in [0.25, 0.3) is 0 Å². The molecule has 0 N–H and O–H groups in total. The number of amides is 2. The molecule has 2 fully saturated rings. The Morgan fingerprint density at radius 2 is 1.59 bits per heavy atom. The van der Waals surface area contributed by atoms with E-state index in [1.165, 1.54) is 4.90 Å². The lowest BCUT2D eigenvalue weighted by Crippen LogP contribution is -2.35. The van der Waals surface area contributed by atoms with E-state index in [4.69, 9.17) is 9.05 Å². The Hall–Kier alpha value is -0.970. The number of rotatable bonds is 7. The number of fused-ring (bicyclic) bond motifs is 5. The molecule has 22 heavy (non-hydrogen) atoms. The van der Waals surface area contributed by atoms with E-state index >= 15 is 0 Å². The van der Waals surface area contributed by atoms with Crippen molar-refractivity contribution in [1.29, 1.82) is 0 Å². The summed E-state index contributed by atoms with van der Waals surface area (Å²) in [6.07, 6.45) is 5.10. The van der Waals surface area contributed by atoms with E-state index in [1.807, 2.05) is 0 Å². The van der Waals surface area contributed by atoms with Gasteiger partial charge in [0.15, 0.2) is 0 Å². The van der Waals surface area contributed by atoms with Crippen LogP contribution in [0.2, 0.25) is 0 Å². The van der Waals surface area contributed by atoms with E-state index in [-0.39, 0.29) is 61.4 Å². The van der Waals surface area contributed by atoms with Crippen LogP contribution in [0.4, 0.5) is 0 Å². The zero-order chi connectivity index (χ0) is 15.9. The number of hydrogen-bond acceptors (Lipinski definition) is 5. The molecule has 7 heteroatoms. The summed E-state index contributed by atoms with van der Waals surface area (Å²) < 4.78 is 22.9. The van der Waals surface area contributed by atoms with E-state index in [9.17, 15) is 14.2 Å². The molecule has 4 atom stereocenters. The molecular weight excluding hydrogens is 305 g/mol. The molecule has 3 rings (SSSR count). The highest BCUT2D eigenvalue weighted by molar-refractivity contribution is 7.53. The van der Waals surface area contributed by atoms with Gasteiger partial charge in [-0.25, -0.2) is 0 Å². The lowest BCUT2D eigenvalue weighted by atomic mass is 9.85. The van der Waals surface area contributed by atoms with Gasteiger partial charge in [-0.05, 0) is 32.1 Å². The van der Waals surface area contributed by atoms with Crippen LogP contribution in [0.15, 0.2) is 12.2 Å². The van der Waals surface area contributed by atoms with E-state index in [2.05, 4.69) is 12.2 Å². The molecule has 0 aromatic carbocycles. The summed E-state index contributed by atoms with van der Waals surface area (Å²) in [7, 11) is -3.23. The van der Waals surface area contributed by atoms with Gasteiger partial charge in [-0.3, -0.25) is 19.1 Å². The quantitative estimate of drug-likeness (QED) is 0.406. The van der Waals surface area contributed by atoms with Crippen LogP contribution in [0.5, 0.6) is 0 Å². The van der Waals surface area contributed by atoms with Crippen LogP contribution in [0.3, 0.4) is 0 Å². The summed E-state index contributed by atoms with van der Waals surface area (Å²) in [5.74, 6) is -0.260. The fourth-order valence-corrected chi connectivity index (χ4v) is 5.53. The fourth-order valence-electron chi connectivity index (χ4n) is 3.97. The fraction of sp³-hybridized carbons (Fsp3) is 0.733. The van der Waals surface area contributed by atoms with Crippen molar-refractivity contribution in [3.05, 3.63) is 12.2 Å². The molecule has 0 radical (unpaired) electrons. The third kappa shape index (κ3) is 2.47. The summed E-state index contributed by atoms with van der Waals surface area (Å²) in [5.41, 5.74) is 0. The summed E-state index contributed by atoms with van der Waals surface area (Å²) in [6, 6.07) is 0. The van der Waals surface area contributed by atoms with Gasteiger partial charge >= 0.3 is 7.60 Å². The first-order valence-corrected chi connectivity index (χ1v) is 9.65. The van der Waals surface area contributed by atoms with Gasteiger partial charge in [-0.15, -0.1) is 0 Å². The molecule has 6 nitrogen and oxygen atoms in total. The van der Waals surface area contributed by atoms with Gasteiger partial charge in [0.2, 0.25) is 11.8 Å². The third-order valence-electron chi connectivity index (χ3n) is 4.81. The predicted molar refractivity (Wildman–Crippen MR) is 80.2 cm³/mol. The average molecular weight is 327 g/mol. The van der Waals surface area contributed by atoms with Crippen LogP contribution in [0.1, 0.15) is 20.3 Å². The van der Waals surface area contributed by atoms with Crippen LogP contribution >= 0.6 is 7.60 Å². The molecule has 0 spiro atoms. The number of allylic oxidation sites excluding steroid dienone is 2. The van der Waals surface area contributed by atoms with Gasteiger partial charge in [0, 0.05) is 6.54 Å². The molecule has 1 aliphatic heterocycles. The molecule has 1 saturated heterocycles. The molecular formula is C15H22NO5P. The first kappa shape index (κ1) is 15.9. The predicted octanol–water partition coefficient (Wildman–Crippen LogP) is 2.06. The lowest BCUT2D eigenvalue weighted by molar-refractivity contribution is -0.140. The standard InChI is InChI=1S/C15H22NO5P/c1-3-20-22(19,21-4-2)8-7-16-14(17)12-10-5-6-11(9-10)13(12)15(16)18/h5-6,10-13H,3-4,7-9H2,1-2H3. The van der Waals surface area contributed by atoms with Crippen LogP contribution in [-0.2, 0) is 23.2 Å². The summed E-state index contributed by atoms with van der Waals surface area (Å²) >= 11 is 0. The van der Waals surface area contributed by atoms with Crippen molar-refractivity contribution >= 4 is 19.4 Å². The summed E-state index contributed by atoms with van der Waals surface area (Å²) in [5, 5.41) is 0. The van der Waals surface area contributed by atoms with Gasteiger partial charge in [-0.2, -0.15) is 0 Å². The van der Waals surface area contributed by atoms with Crippen molar-refractivity contribution in [2.45, 2.75) is 20.3 Å². The number of nitrogens with zero attached hydrogens (tertiary/aromatic N) is 1. The number of carbonyl (C=O) groups is 2. The SMILES string of the molecule is CCOP(=O)(CCN1C(=O)C2C3C=CC(C3)C2C1=O)OCC. The molecule has 0 aromatic heterocycles. The second-order valence-electron chi connectivity index (χ2n) is 6.00. The molecule has 2 aliphatic carbocycles. The minimum atomic E-state index is -3.23. The van der Waals surface area contributed by atoms with Crippen LogP contribution in [0, 0.1) is 23.7 Å². The number of carbonyl (C=O) groups excluding carboxylic acids is 2. The number of imide groups is 1. The zero-order valence-electron chi connectivity index (χ0n) is 12.9. The average Bonchev–Trinajstić information content (AvgIpc) is 3.13. The monoisotopic (exact) mass is 327 g/mol. The summed E-state index contributed by atoms with van der Waals surface area (Å²) in [4.78, 5) is 26.3. The zero-order valence-corrected chi connectivity index (χ0v) is 13.8. The smallest absolute Gasteiger partial charge is 0.309 e. The first-order valence-electron chi connectivity index (χ1n) is 7.92. The number of hydrogen-bond donors (Lipinski definition) is 0. The first-order chi connectivity index (χ1) is 10.5. The Labute approximate surface area is 130 Å². The molecule has 4 unspecified atom stereocenters. The molecule has 2 bridgehead atoms. The minimum Gasteiger partial charge on any atom is -0.309 e. The van der Waals surface area contributed by atoms with E-state index < -0.39 is 7.60 Å². The van der Waals surface area contributed by atoms with Gasteiger partial charge in [0.05, 0.1) is 31.2 Å². The number of likely N-dealkylation sites (tertiary alicyclic amines) is 1. The molecule has 1 saturated carbocycles. The van der Waals surface area contributed by atoms with E-state index in [0.717, 1.165) is 6.42 Å². The normalized spacial score (nSPS) is 33.1. The Morgan fingerprint density at radius 3 is 2.05 bits per heavy atom. The third-order valence-corrected chi connectivity index (χ3v) is 6.86. The largest absolute Gasteiger partial charge is 0.332 e. The van der Waals surface area contributed by atoms with E-state index in [0.29, 0.717) is 0 Å². The van der Waals surface area contributed by atoms with Crippen molar-refractivity contribution in [2.75, 3.05) is 25.9 Å². The second kappa shape index (κ2) is 5.91. The molecule has 2 amide bonds. The van der Waals surface area contributed by atoms with Gasteiger partial charge in [0.1, 0.15) is 0 Å². The van der Waals surface area contributed by atoms with Gasteiger partial charge in [0.25, 0.3) is 0 Å². The highest BCUT2D eigenvalue weighted by Crippen LogP contribution is 2.53. The van der Waals surface area contributed by atoms with Crippen molar-refractivity contribution in [3.63, 3.8) is 0 Å². The topological polar surface area (TPSA) is 72.9 Å². The van der Waals surface area contributed by atoms with Gasteiger partial charge < -0.3 is 9.05 Å². The second-order valence-corrected chi connectivity index (χ2v) is 8.18. The van der Waals surface area contributed by atoms with Crippen LogP contribution < -0.4 is 0 Å². The van der Waals surface area contributed by atoms with Crippen LogP contribution in [-0.4, -0.2) is 42.6 Å². The highest BCUT2D eigenvalue weighted by atomic mass is 31.2. The summed E-state index contributed by atoms with van der Waals surface area (Å²) in [6.45, 7) is 4.15. The highest BCUT2D eigenvalue weighted by Gasteiger charge is 2.59.